The third kappa shape index (κ3) is 3.18. The van der Waals surface area contributed by atoms with E-state index in [0.29, 0.717) is 5.56 Å². The predicted molar refractivity (Wildman–Crippen MR) is 76.1 cm³/mol. The SMILES string of the molecule is CN(C)CCN(C)c1cnc2cc(C#N)ccc2n1. The summed E-state index contributed by atoms with van der Waals surface area (Å²) in [6, 6.07) is 7.46. The van der Waals surface area contributed by atoms with Crippen LogP contribution in [0.25, 0.3) is 11.0 Å². The van der Waals surface area contributed by atoms with Crippen molar-refractivity contribution in [2.24, 2.45) is 0 Å². The zero-order valence-electron chi connectivity index (χ0n) is 11.5. The predicted octanol–water partition coefficient (Wildman–Crippen LogP) is 1.50. The molecule has 0 aliphatic heterocycles. The lowest BCUT2D eigenvalue weighted by atomic mass is 10.2. The van der Waals surface area contributed by atoms with Gasteiger partial charge in [0.25, 0.3) is 0 Å². The number of fused-ring (bicyclic) bond motifs is 1. The van der Waals surface area contributed by atoms with Gasteiger partial charge in [-0.05, 0) is 32.3 Å². The Labute approximate surface area is 113 Å². The third-order valence-corrected chi connectivity index (χ3v) is 2.93. The van der Waals surface area contributed by atoms with E-state index in [4.69, 9.17) is 5.26 Å². The van der Waals surface area contributed by atoms with Gasteiger partial charge in [0.2, 0.25) is 0 Å². The Morgan fingerprint density at radius 2 is 1.95 bits per heavy atom. The summed E-state index contributed by atoms with van der Waals surface area (Å²) in [5.74, 6) is 0.846. The highest BCUT2D eigenvalue weighted by atomic mass is 15.2. The average Bonchev–Trinajstić information content (AvgIpc) is 2.43. The highest BCUT2D eigenvalue weighted by molar-refractivity contribution is 5.77. The molecule has 1 heterocycles. The van der Waals surface area contributed by atoms with Crippen LogP contribution in [-0.2, 0) is 0 Å². The fourth-order valence-corrected chi connectivity index (χ4v) is 1.72. The molecule has 0 aliphatic carbocycles. The Kier molecular flexibility index (Phi) is 3.93. The lowest BCUT2D eigenvalue weighted by Crippen LogP contribution is -2.29. The van der Waals surface area contributed by atoms with E-state index in [2.05, 4.69) is 25.8 Å². The van der Waals surface area contributed by atoms with E-state index in [1.165, 1.54) is 0 Å². The summed E-state index contributed by atoms with van der Waals surface area (Å²) in [4.78, 5) is 13.1. The Hall–Kier alpha value is -2.19. The first-order valence-corrected chi connectivity index (χ1v) is 6.13. The number of nitrogens with zero attached hydrogens (tertiary/aromatic N) is 5. The fraction of sp³-hybridized carbons (Fsp3) is 0.357. The number of anilines is 1. The monoisotopic (exact) mass is 255 g/mol. The van der Waals surface area contributed by atoms with Crippen molar-refractivity contribution in [3.05, 3.63) is 30.0 Å². The van der Waals surface area contributed by atoms with E-state index in [-0.39, 0.29) is 0 Å². The summed E-state index contributed by atoms with van der Waals surface area (Å²) in [5.41, 5.74) is 2.17. The fourth-order valence-electron chi connectivity index (χ4n) is 1.72. The van der Waals surface area contributed by atoms with Gasteiger partial charge < -0.3 is 9.80 Å². The molecular weight excluding hydrogens is 238 g/mol. The van der Waals surface area contributed by atoms with Crippen LogP contribution >= 0.6 is 0 Å². The maximum absolute atomic E-state index is 8.85. The first-order valence-electron chi connectivity index (χ1n) is 6.13. The van der Waals surface area contributed by atoms with Gasteiger partial charge in [-0.1, -0.05) is 0 Å². The van der Waals surface area contributed by atoms with E-state index >= 15 is 0 Å². The summed E-state index contributed by atoms with van der Waals surface area (Å²) in [6.45, 7) is 1.85. The van der Waals surface area contributed by atoms with Crippen LogP contribution in [0, 0.1) is 11.3 Å². The van der Waals surface area contributed by atoms with Gasteiger partial charge in [-0.3, -0.25) is 4.98 Å². The molecule has 0 N–H and O–H groups in total. The Balaban J connectivity index is 2.24. The molecular formula is C14H17N5. The van der Waals surface area contributed by atoms with Crippen LogP contribution in [0.15, 0.2) is 24.4 Å². The van der Waals surface area contributed by atoms with Crippen molar-refractivity contribution in [1.82, 2.24) is 14.9 Å². The second-order valence-electron chi connectivity index (χ2n) is 4.77. The Morgan fingerprint density at radius 1 is 1.16 bits per heavy atom. The number of nitriles is 1. The Bertz CT molecular complexity index is 615. The van der Waals surface area contributed by atoms with Gasteiger partial charge in [0.15, 0.2) is 0 Å². The summed E-state index contributed by atoms with van der Waals surface area (Å²) >= 11 is 0. The van der Waals surface area contributed by atoms with Crippen molar-refractivity contribution in [1.29, 1.82) is 5.26 Å². The Morgan fingerprint density at radius 3 is 2.63 bits per heavy atom. The number of rotatable bonds is 4. The molecule has 0 unspecified atom stereocenters. The van der Waals surface area contributed by atoms with E-state index < -0.39 is 0 Å². The molecule has 0 atom stereocenters. The summed E-state index contributed by atoms with van der Waals surface area (Å²) in [5, 5.41) is 8.85. The van der Waals surface area contributed by atoms with Crippen LogP contribution in [0.2, 0.25) is 0 Å². The minimum Gasteiger partial charge on any atom is -0.357 e. The number of hydrogen-bond donors (Lipinski definition) is 0. The summed E-state index contributed by atoms with van der Waals surface area (Å²) in [7, 11) is 6.09. The lowest BCUT2D eigenvalue weighted by Gasteiger charge is -2.20. The van der Waals surface area contributed by atoms with Crippen molar-refractivity contribution in [2.75, 3.05) is 39.1 Å². The molecule has 1 aromatic carbocycles. The number of aromatic nitrogens is 2. The van der Waals surface area contributed by atoms with E-state index in [1.807, 2.05) is 27.2 Å². The number of likely N-dealkylation sites (N-methyl/N-ethyl adjacent to an activating group) is 2. The first-order chi connectivity index (χ1) is 9.10. The van der Waals surface area contributed by atoms with Gasteiger partial charge in [0.1, 0.15) is 5.82 Å². The molecule has 0 radical (unpaired) electrons. The zero-order valence-corrected chi connectivity index (χ0v) is 11.5. The van der Waals surface area contributed by atoms with Crippen LogP contribution < -0.4 is 4.90 Å². The molecule has 0 fully saturated rings. The lowest BCUT2D eigenvalue weighted by molar-refractivity contribution is 0.416. The molecule has 1 aromatic heterocycles. The van der Waals surface area contributed by atoms with Gasteiger partial charge >= 0.3 is 0 Å². The van der Waals surface area contributed by atoms with Crippen molar-refractivity contribution in [2.45, 2.75) is 0 Å². The van der Waals surface area contributed by atoms with Crippen LogP contribution in [0.5, 0.6) is 0 Å². The summed E-state index contributed by atoms with van der Waals surface area (Å²) in [6.07, 6.45) is 1.75. The molecule has 19 heavy (non-hydrogen) atoms. The van der Waals surface area contributed by atoms with E-state index in [1.54, 1.807) is 18.3 Å². The quantitative estimate of drug-likeness (QED) is 0.828. The zero-order chi connectivity index (χ0) is 13.8. The van der Waals surface area contributed by atoms with E-state index in [9.17, 15) is 0 Å². The smallest absolute Gasteiger partial charge is 0.147 e. The highest BCUT2D eigenvalue weighted by Crippen LogP contribution is 2.15. The molecule has 98 valence electrons. The van der Waals surface area contributed by atoms with Crippen molar-refractivity contribution < 1.29 is 0 Å². The topological polar surface area (TPSA) is 56.0 Å². The minimum absolute atomic E-state index is 0.607. The molecule has 0 bridgehead atoms. The van der Waals surface area contributed by atoms with Gasteiger partial charge in [0.05, 0.1) is 28.9 Å². The molecule has 0 spiro atoms. The molecule has 5 heteroatoms. The maximum atomic E-state index is 8.85. The van der Waals surface area contributed by atoms with Crippen molar-refractivity contribution >= 4 is 16.9 Å². The van der Waals surface area contributed by atoms with Crippen LogP contribution in [0.3, 0.4) is 0 Å². The molecule has 0 aliphatic rings. The summed E-state index contributed by atoms with van der Waals surface area (Å²) < 4.78 is 0. The molecule has 0 saturated carbocycles. The van der Waals surface area contributed by atoms with Crippen LogP contribution in [0.1, 0.15) is 5.56 Å². The van der Waals surface area contributed by atoms with Gasteiger partial charge in [0, 0.05) is 20.1 Å². The minimum atomic E-state index is 0.607. The maximum Gasteiger partial charge on any atom is 0.147 e. The largest absolute Gasteiger partial charge is 0.357 e. The first kappa shape index (κ1) is 13.2. The molecule has 0 saturated heterocycles. The van der Waals surface area contributed by atoms with Crippen LogP contribution in [-0.4, -0.2) is 49.1 Å². The molecule has 0 amide bonds. The van der Waals surface area contributed by atoms with Crippen LogP contribution in [0.4, 0.5) is 5.82 Å². The second-order valence-corrected chi connectivity index (χ2v) is 4.77. The number of hydrogen-bond acceptors (Lipinski definition) is 5. The standard InChI is InChI=1S/C14H17N5/c1-18(2)6-7-19(3)14-10-16-13-8-11(9-15)4-5-12(13)17-14/h4-5,8,10H,6-7H2,1-3H3. The average molecular weight is 255 g/mol. The van der Waals surface area contributed by atoms with Crippen molar-refractivity contribution in [3.63, 3.8) is 0 Å². The second kappa shape index (κ2) is 5.63. The number of benzene rings is 1. The third-order valence-electron chi connectivity index (χ3n) is 2.93. The van der Waals surface area contributed by atoms with Gasteiger partial charge in [-0.25, -0.2) is 4.98 Å². The van der Waals surface area contributed by atoms with Crippen molar-refractivity contribution in [3.8, 4) is 6.07 Å². The van der Waals surface area contributed by atoms with E-state index in [0.717, 1.165) is 29.9 Å². The highest BCUT2D eigenvalue weighted by Gasteiger charge is 2.06. The van der Waals surface area contributed by atoms with Gasteiger partial charge in [-0.15, -0.1) is 0 Å². The normalized spacial score (nSPS) is 10.7. The molecule has 5 nitrogen and oxygen atoms in total. The molecule has 2 rings (SSSR count). The van der Waals surface area contributed by atoms with Gasteiger partial charge in [-0.2, -0.15) is 5.26 Å². The molecule has 2 aromatic rings.